The number of piperazine rings is 1. The Hall–Kier alpha value is -1.79. The van der Waals surface area contributed by atoms with Crippen LogP contribution in [-0.2, 0) is 9.59 Å². The zero-order valence-corrected chi connectivity index (χ0v) is 17.2. The lowest BCUT2D eigenvalue weighted by Gasteiger charge is -2.49. The molecule has 0 saturated carbocycles. The van der Waals surface area contributed by atoms with Gasteiger partial charge in [0.05, 0.1) is 12.1 Å². The minimum atomic E-state index is -0.228. The van der Waals surface area contributed by atoms with E-state index in [0.717, 1.165) is 45.0 Å². The molecule has 26 heavy (non-hydrogen) atoms. The number of likely N-dealkylation sites (tertiary alicyclic amines) is 1. The summed E-state index contributed by atoms with van der Waals surface area (Å²) < 4.78 is 0. The predicted octanol–water partition coefficient (Wildman–Crippen LogP) is 1.15. The van der Waals surface area contributed by atoms with Gasteiger partial charge in [-0.2, -0.15) is 0 Å². The topological polar surface area (TPSA) is 68.2 Å². The van der Waals surface area contributed by atoms with Gasteiger partial charge >= 0.3 is 0 Å². The van der Waals surface area contributed by atoms with Crippen LogP contribution in [0.1, 0.15) is 47.5 Å². The molecule has 0 unspecified atom stereocenters. The van der Waals surface area contributed by atoms with E-state index in [1.807, 2.05) is 9.80 Å². The summed E-state index contributed by atoms with van der Waals surface area (Å²) in [5.41, 5.74) is -0.228. The number of carbonyl (C=O) groups is 2. The lowest BCUT2D eigenvalue weighted by molar-refractivity contribution is -0.145. The maximum Gasteiger partial charge on any atom is 0.242 e. The molecule has 2 saturated heterocycles. The highest BCUT2D eigenvalue weighted by atomic mass is 16.2. The third kappa shape index (κ3) is 4.68. The Morgan fingerprint density at radius 1 is 1.27 bits per heavy atom. The van der Waals surface area contributed by atoms with Crippen LogP contribution < -0.4 is 5.32 Å². The number of carbonyl (C=O) groups excluding carboxylic acids is 2. The van der Waals surface area contributed by atoms with E-state index in [9.17, 15) is 9.59 Å². The molecule has 7 nitrogen and oxygen atoms in total. The smallest absolute Gasteiger partial charge is 0.242 e. The minimum absolute atomic E-state index is 0.147. The molecule has 2 amide bonds. The van der Waals surface area contributed by atoms with Crippen LogP contribution in [0.5, 0.6) is 0 Å². The maximum atomic E-state index is 12.7. The van der Waals surface area contributed by atoms with Crippen molar-refractivity contribution in [2.45, 2.75) is 59.0 Å². The lowest BCUT2D eigenvalue weighted by atomic mass is 9.96. The highest BCUT2D eigenvalue weighted by Gasteiger charge is 2.40. The largest absolute Gasteiger partial charge is 0.356 e. The van der Waals surface area contributed by atoms with Gasteiger partial charge in [0.1, 0.15) is 0 Å². The number of amides is 2. The van der Waals surface area contributed by atoms with Gasteiger partial charge in [-0.25, -0.2) is 0 Å². The molecule has 2 fully saturated rings. The molecule has 148 valence electrons. The summed E-state index contributed by atoms with van der Waals surface area (Å²) in [6.45, 7) is 13.6. The molecule has 0 atom stereocenters. The molecule has 0 aromatic heterocycles. The van der Waals surface area contributed by atoms with Crippen molar-refractivity contribution in [3.05, 3.63) is 0 Å². The first-order valence-corrected chi connectivity index (χ1v) is 9.69. The fraction of sp³-hybridized carbons (Fsp3) is 0.842. The van der Waals surface area contributed by atoms with Gasteiger partial charge < -0.3 is 20.0 Å². The number of piperidine rings is 1. The van der Waals surface area contributed by atoms with Crippen molar-refractivity contribution < 1.29 is 9.59 Å². The van der Waals surface area contributed by atoms with Gasteiger partial charge in [-0.15, -0.1) is 0 Å². The number of nitrogens with one attached hydrogen (secondary N) is 1. The Morgan fingerprint density at radius 3 is 2.35 bits per heavy atom. The van der Waals surface area contributed by atoms with Gasteiger partial charge in [-0.05, 0) is 46.5 Å². The Morgan fingerprint density at radius 2 is 1.88 bits per heavy atom. The van der Waals surface area contributed by atoms with E-state index < -0.39 is 0 Å². The zero-order valence-electron chi connectivity index (χ0n) is 17.2. The van der Waals surface area contributed by atoms with Crippen LogP contribution in [0.2, 0.25) is 0 Å². The Labute approximate surface area is 157 Å². The first-order chi connectivity index (χ1) is 12.2. The SMILES string of the molecule is CN=C(NCC1CCN(C(C)=O)CC1)N1CC(=O)N(C(C)C)C(C)(C)C1. The standard InChI is InChI=1S/C19H35N5O2/c1-14(2)24-17(26)12-23(13-19(24,4)5)18(20-6)21-11-16-7-9-22(10-8-16)15(3)25/h14,16H,7-13H2,1-6H3,(H,20,21). The number of nitrogens with zero attached hydrogens (tertiary/aromatic N) is 4. The van der Waals surface area contributed by atoms with Crippen molar-refractivity contribution in [3.8, 4) is 0 Å². The molecule has 0 bridgehead atoms. The fourth-order valence-corrected chi connectivity index (χ4v) is 4.33. The van der Waals surface area contributed by atoms with E-state index in [2.05, 4.69) is 42.9 Å². The summed E-state index contributed by atoms with van der Waals surface area (Å²) in [5, 5.41) is 3.46. The number of rotatable bonds is 3. The van der Waals surface area contributed by atoms with Gasteiger partial charge in [0.15, 0.2) is 5.96 Å². The lowest BCUT2D eigenvalue weighted by Crippen LogP contribution is -2.66. The van der Waals surface area contributed by atoms with Crippen LogP contribution in [0.3, 0.4) is 0 Å². The average molecular weight is 366 g/mol. The molecule has 0 radical (unpaired) electrons. The van der Waals surface area contributed by atoms with Gasteiger partial charge in [-0.3, -0.25) is 14.6 Å². The van der Waals surface area contributed by atoms with E-state index in [-0.39, 0.29) is 23.4 Å². The molecule has 0 spiro atoms. The van der Waals surface area contributed by atoms with E-state index in [0.29, 0.717) is 12.5 Å². The quantitative estimate of drug-likeness (QED) is 0.602. The molecule has 1 N–H and O–H groups in total. The first kappa shape index (κ1) is 20.5. The van der Waals surface area contributed by atoms with Gasteiger partial charge in [0.2, 0.25) is 11.8 Å². The van der Waals surface area contributed by atoms with Gasteiger partial charge in [0.25, 0.3) is 0 Å². The number of hydrogen-bond acceptors (Lipinski definition) is 3. The molecular weight excluding hydrogens is 330 g/mol. The molecule has 0 aliphatic carbocycles. The van der Waals surface area contributed by atoms with E-state index in [1.54, 1.807) is 14.0 Å². The molecule has 2 rings (SSSR count). The highest BCUT2D eigenvalue weighted by molar-refractivity contribution is 5.88. The predicted molar refractivity (Wildman–Crippen MR) is 104 cm³/mol. The number of aliphatic imine (C=N–C) groups is 1. The molecule has 0 aromatic rings. The molecule has 2 heterocycles. The molecular formula is C19H35N5O2. The fourth-order valence-electron chi connectivity index (χ4n) is 4.33. The molecule has 2 aliphatic rings. The third-order valence-electron chi connectivity index (χ3n) is 5.46. The average Bonchev–Trinajstić information content (AvgIpc) is 2.53. The molecule has 0 aromatic carbocycles. The molecule has 7 heteroatoms. The minimum Gasteiger partial charge on any atom is -0.356 e. The van der Waals surface area contributed by atoms with Crippen molar-refractivity contribution >= 4 is 17.8 Å². The number of hydrogen-bond donors (Lipinski definition) is 1. The third-order valence-corrected chi connectivity index (χ3v) is 5.46. The Bertz CT molecular complexity index is 550. The summed E-state index contributed by atoms with van der Waals surface area (Å²) in [7, 11) is 1.77. The second kappa shape index (κ2) is 8.27. The van der Waals surface area contributed by atoms with E-state index in [4.69, 9.17) is 0 Å². The Kier molecular flexibility index (Phi) is 6.53. The van der Waals surface area contributed by atoms with Crippen LogP contribution >= 0.6 is 0 Å². The zero-order chi connectivity index (χ0) is 19.5. The highest BCUT2D eigenvalue weighted by Crippen LogP contribution is 2.24. The molecule has 2 aliphatic heterocycles. The summed E-state index contributed by atoms with van der Waals surface area (Å²) in [5.74, 6) is 1.64. The summed E-state index contributed by atoms with van der Waals surface area (Å²) in [4.78, 5) is 34.5. The van der Waals surface area contributed by atoms with Crippen LogP contribution in [0.4, 0.5) is 0 Å². The second-order valence-electron chi connectivity index (χ2n) is 8.40. The normalized spacial score (nSPS) is 22.2. The van der Waals surface area contributed by atoms with Crippen molar-refractivity contribution in [2.24, 2.45) is 10.9 Å². The second-order valence-corrected chi connectivity index (χ2v) is 8.40. The van der Waals surface area contributed by atoms with Gasteiger partial charge in [0, 0.05) is 46.2 Å². The van der Waals surface area contributed by atoms with Crippen LogP contribution in [0.15, 0.2) is 4.99 Å². The van der Waals surface area contributed by atoms with Gasteiger partial charge in [-0.1, -0.05) is 0 Å². The van der Waals surface area contributed by atoms with E-state index in [1.165, 1.54) is 0 Å². The monoisotopic (exact) mass is 365 g/mol. The maximum absolute atomic E-state index is 12.7. The van der Waals surface area contributed by atoms with Crippen molar-refractivity contribution in [1.29, 1.82) is 0 Å². The summed E-state index contributed by atoms with van der Waals surface area (Å²) >= 11 is 0. The van der Waals surface area contributed by atoms with Crippen LogP contribution in [-0.4, -0.2) is 83.8 Å². The number of guanidine groups is 1. The Balaban J connectivity index is 1.92. The van der Waals surface area contributed by atoms with Crippen molar-refractivity contribution in [2.75, 3.05) is 39.8 Å². The summed E-state index contributed by atoms with van der Waals surface area (Å²) in [6, 6.07) is 0.195. The summed E-state index contributed by atoms with van der Waals surface area (Å²) in [6.07, 6.45) is 2.02. The van der Waals surface area contributed by atoms with Crippen molar-refractivity contribution in [1.82, 2.24) is 20.0 Å². The van der Waals surface area contributed by atoms with Crippen LogP contribution in [0, 0.1) is 5.92 Å². The first-order valence-electron chi connectivity index (χ1n) is 9.69. The van der Waals surface area contributed by atoms with Crippen LogP contribution in [0.25, 0.3) is 0 Å². The van der Waals surface area contributed by atoms with Crippen molar-refractivity contribution in [3.63, 3.8) is 0 Å². The van der Waals surface area contributed by atoms with E-state index >= 15 is 0 Å².